The molecule has 0 aromatic heterocycles. The van der Waals surface area contributed by atoms with Crippen molar-refractivity contribution in [2.24, 2.45) is 0 Å². The minimum Gasteiger partial charge on any atom is -0.508 e. The van der Waals surface area contributed by atoms with Crippen molar-refractivity contribution in [3.05, 3.63) is 53.1 Å². The molecule has 0 saturated heterocycles. The minimum atomic E-state index is -3.70. The third-order valence-corrected chi connectivity index (χ3v) is 4.83. The first-order valence-corrected chi connectivity index (χ1v) is 8.07. The lowest BCUT2D eigenvalue weighted by Crippen LogP contribution is -2.26. The van der Waals surface area contributed by atoms with Crippen LogP contribution in [0.4, 0.5) is 5.69 Å². The fourth-order valence-electron chi connectivity index (χ4n) is 1.80. The van der Waals surface area contributed by atoms with E-state index >= 15 is 0 Å². The summed E-state index contributed by atoms with van der Waals surface area (Å²) in [6.07, 6.45) is 0.499. The average Bonchev–Trinajstić information content (AvgIpc) is 2.43. The largest absolute Gasteiger partial charge is 0.508 e. The second-order valence-corrected chi connectivity index (χ2v) is 6.65. The van der Waals surface area contributed by atoms with Crippen LogP contribution in [0.3, 0.4) is 0 Å². The standard InChI is InChI=1S/C14H15ClN2O3S/c15-13-6-3-11(16)9-14(13)21(19,20)17-8-7-10-1-4-12(18)5-2-10/h1-6,9,17-18H,7-8,16H2. The molecule has 7 heteroatoms. The van der Waals surface area contributed by atoms with E-state index in [0.717, 1.165) is 5.56 Å². The Kier molecular flexibility index (Phi) is 4.72. The summed E-state index contributed by atoms with van der Waals surface area (Å²) in [7, 11) is -3.70. The van der Waals surface area contributed by atoms with Gasteiger partial charge in [-0.3, -0.25) is 0 Å². The van der Waals surface area contributed by atoms with Crippen molar-refractivity contribution in [3.63, 3.8) is 0 Å². The molecule has 2 aromatic rings. The summed E-state index contributed by atoms with van der Waals surface area (Å²) in [5, 5.41) is 9.30. The molecule has 21 heavy (non-hydrogen) atoms. The molecule has 2 rings (SSSR count). The number of nitrogens with two attached hydrogens (primary N) is 1. The molecule has 0 unspecified atom stereocenters. The molecule has 112 valence electrons. The van der Waals surface area contributed by atoms with Gasteiger partial charge in [0.15, 0.2) is 0 Å². The maximum Gasteiger partial charge on any atom is 0.242 e. The lowest BCUT2D eigenvalue weighted by Gasteiger charge is -2.09. The Morgan fingerprint density at radius 3 is 2.48 bits per heavy atom. The van der Waals surface area contributed by atoms with Crippen molar-refractivity contribution < 1.29 is 13.5 Å². The summed E-state index contributed by atoms with van der Waals surface area (Å²) in [6, 6.07) is 10.9. The van der Waals surface area contributed by atoms with E-state index in [1.807, 2.05) is 0 Å². The summed E-state index contributed by atoms with van der Waals surface area (Å²) in [4.78, 5) is -0.0325. The highest BCUT2D eigenvalue weighted by molar-refractivity contribution is 7.89. The van der Waals surface area contributed by atoms with Gasteiger partial charge in [0.1, 0.15) is 10.6 Å². The normalized spacial score (nSPS) is 11.5. The van der Waals surface area contributed by atoms with E-state index in [9.17, 15) is 13.5 Å². The molecule has 0 saturated carbocycles. The summed E-state index contributed by atoms with van der Waals surface area (Å²) in [6.45, 7) is 0.220. The monoisotopic (exact) mass is 326 g/mol. The van der Waals surface area contributed by atoms with Crippen LogP contribution >= 0.6 is 11.6 Å². The van der Waals surface area contributed by atoms with Gasteiger partial charge in [-0.1, -0.05) is 23.7 Å². The van der Waals surface area contributed by atoms with E-state index in [-0.39, 0.29) is 22.2 Å². The molecule has 0 aliphatic carbocycles. The quantitative estimate of drug-likeness (QED) is 0.734. The molecule has 0 aliphatic rings. The highest BCUT2D eigenvalue weighted by atomic mass is 35.5. The van der Waals surface area contributed by atoms with Crippen molar-refractivity contribution in [1.82, 2.24) is 4.72 Å². The van der Waals surface area contributed by atoms with E-state index in [0.29, 0.717) is 12.1 Å². The Hall–Kier alpha value is -1.76. The molecular weight excluding hydrogens is 312 g/mol. The number of aromatic hydroxyl groups is 1. The third kappa shape index (κ3) is 4.10. The Bertz CT molecular complexity index is 730. The second-order valence-electron chi connectivity index (χ2n) is 4.50. The molecule has 5 nitrogen and oxygen atoms in total. The van der Waals surface area contributed by atoms with Crippen LogP contribution in [-0.4, -0.2) is 20.1 Å². The predicted octanol–water partition coefficient (Wildman–Crippen LogP) is 2.15. The van der Waals surface area contributed by atoms with Crippen molar-refractivity contribution in [2.75, 3.05) is 12.3 Å². The van der Waals surface area contributed by atoms with Gasteiger partial charge in [-0.2, -0.15) is 0 Å². The lowest BCUT2D eigenvalue weighted by atomic mass is 10.1. The first-order chi connectivity index (χ1) is 9.88. The Morgan fingerprint density at radius 2 is 1.81 bits per heavy atom. The summed E-state index contributed by atoms with van der Waals surface area (Å²) in [5.74, 6) is 0.172. The van der Waals surface area contributed by atoms with Gasteiger partial charge in [0.05, 0.1) is 5.02 Å². The number of anilines is 1. The number of sulfonamides is 1. The van der Waals surface area contributed by atoms with Crippen LogP contribution in [0.5, 0.6) is 5.75 Å². The Morgan fingerprint density at radius 1 is 1.14 bits per heavy atom. The van der Waals surface area contributed by atoms with Gasteiger partial charge in [-0.15, -0.1) is 0 Å². The number of phenols is 1. The fraction of sp³-hybridized carbons (Fsp3) is 0.143. The number of halogens is 1. The van der Waals surface area contributed by atoms with Crippen LogP contribution in [0.25, 0.3) is 0 Å². The molecule has 0 atom stereocenters. The van der Waals surface area contributed by atoms with Crippen molar-refractivity contribution in [1.29, 1.82) is 0 Å². The van der Waals surface area contributed by atoms with E-state index in [1.54, 1.807) is 24.3 Å². The van der Waals surface area contributed by atoms with Crippen LogP contribution in [0.15, 0.2) is 47.4 Å². The first kappa shape index (κ1) is 15.6. The van der Waals surface area contributed by atoms with Crippen LogP contribution < -0.4 is 10.5 Å². The zero-order valence-electron chi connectivity index (χ0n) is 11.1. The molecule has 0 heterocycles. The maximum atomic E-state index is 12.2. The molecule has 0 spiro atoms. The number of hydrogen-bond acceptors (Lipinski definition) is 4. The summed E-state index contributed by atoms with van der Waals surface area (Å²) in [5.41, 5.74) is 6.83. The molecule has 2 aromatic carbocycles. The van der Waals surface area contributed by atoms with Gasteiger partial charge in [0.25, 0.3) is 0 Å². The predicted molar refractivity (Wildman–Crippen MR) is 82.9 cm³/mol. The molecule has 0 amide bonds. The number of nitrogen functional groups attached to an aromatic ring is 1. The Balaban J connectivity index is 2.04. The number of rotatable bonds is 5. The topological polar surface area (TPSA) is 92.4 Å². The molecule has 4 N–H and O–H groups in total. The van der Waals surface area contributed by atoms with Crippen molar-refractivity contribution in [3.8, 4) is 5.75 Å². The molecule has 0 bridgehead atoms. The minimum absolute atomic E-state index is 0.0325. The average molecular weight is 327 g/mol. The molecule has 0 radical (unpaired) electrons. The van der Waals surface area contributed by atoms with E-state index in [2.05, 4.69) is 4.72 Å². The SMILES string of the molecule is Nc1ccc(Cl)c(S(=O)(=O)NCCc2ccc(O)cc2)c1. The van der Waals surface area contributed by atoms with Gasteiger partial charge in [0.2, 0.25) is 10.0 Å². The smallest absolute Gasteiger partial charge is 0.242 e. The van der Waals surface area contributed by atoms with Crippen LogP contribution in [0.1, 0.15) is 5.56 Å². The van der Waals surface area contributed by atoms with Crippen LogP contribution in [-0.2, 0) is 16.4 Å². The number of nitrogens with one attached hydrogen (secondary N) is 1. The van der Waals surface area contributed by atoms with Crippen molar-refractivity contribution >= 4 is 27.3 Å². The molecule has 0 aliphatic heterocycles. The van der Waals surface area contributed by atoms with Gasteiger partial charge >= 0.3 is 0 Å². The zero-order valence-corrected chi connectivity index (χ0v) is 12.7. The maximum absolute atomic E-state index is 12.2. The van der Waals surface area contributed by atoms with E-state index < -0.39 is 10.0 Å². The number of phenolic OH excluding ortho intramolecular Hbond substituents is 1. The highest BCUT2D eigenvalue weighted by Crippen LogP contribution is 2.23. The van der Waals surface area contributed by atoms with E-state index in [4.69, 9.17) is 17.3 Å². The molecular formula is C14H15ClN2O3S. The van der Waals surface area contributed by atoms with E-state index in [1.165, 1.54) is 18.2 Å². The summed E-state index contributed by atoms with van der Waals surface area (Å²) >= 11 is 5.89. The third-order valence-electron chi connectivity index (χ3n) is 2.89. The zero-order chi connectivity index (χ0) is 15.5. The van der Waals surface area contributed by atoms with Gasteiger partial charge < -0.3 is 10.8 Å². The summed E-state index contributed by atoms with van der Waals surface area (Å²) < 4.78 is 26.8. The first-order valence-electron chi connectivity index (χ1n) is 6.21. The number of hydrogen-bond donors (Lipinski definition) is 3. The second kappa shape index (κ2) is 6.34. The van der Waals surface area contributed by atoms with Crippen LogP contribution in [0.2, 0.25) is 5.02 Å². The van der Waals surface area contributed by atoms with Gasteiger partial charge in [-0.25, -0.2) is 13.1 Å². The molecule has 0 fully saturated rings. The van der Waals surface area contributed by atoms with Crippen LogP contribution in [0, 0.1) is 0 Å². The van der Waals surface area contributed by atoms with Gasteiger partial charge in [-0.05, 0) is 42.3 Å². The van der Waals surface area contributed by atoms with Gasteiger partial charge in [0, 0.05) is 12.2 Å². The number of benzene rings is 2. The van der Waals surface area contributed by atoms with Crippen molar-refractivity contribution in [2.45, 2.75) is 11.3 Å². The Labute approximate surface area is 128 Å². The fourth-order valence-corrected chi connectivity index (χ4v) is 3.36. The lowest BCUT2D eigenvalue weighted by molar-refractivity contribution is 0.475. The highest BCUT2D eigenvalue weighted by Gasteiger charge is 2.17.